The number of aliphatic hydroxyl groups is 1. The van der Waals surface area contributed by atoms with Crippen LogP contribution in [0.4, 0.5) is 5.82 Å². The van der Waals surface area contributed by atoms with Crippen molar-refractivity contribution >= 4 is 5.82 Å². The predicted octanol–water partition coefficient (Wildman–Crippen LogP) is 1.86. The quantitative estimate of drug-likeness (QED) is 0.781. The molecule has 3 unspecified atom stereocenters. The van der Waals surface area contributed by atoms with Crippen LogP contribution in [0.15, 0.2) is 33.9 Å². The van der Waals surface area contributed by atoms with Crippen molar-refractivity contribution in [3.63, 3.8) is 0 Å². The van der Waals surface area contributed by atoms with Gasteiger partial charge < -0.3 is 19.7 Å². The fraction of sp³-hybridized carbons (Fsp3) is 0.650. The van der Waals surface area contributed by atoms with Gasteiger partial charge in [-0.2, -0.15) is 5.10 Å². The smallest absolute Gasteiger partial charge is 0.267 e. The molecule has 1 aliphatic carbocycles. The molecule has 2 aromatic rings. The standard InChI is InChI=1S/C20H29N5O3/c26-18-7-2-1-6-17(18)25-20(27)9-8-19(23-25)24-10-4-3-5-15(24)11-21-12-16-13-22-14-28-16/h8-9,13-15,17-18,21,26H,1-7,10-12H2. The molecule has 2 aromatic heterocycles. The summed E-state index contributed by atoms with van der Waals surface area (Å²) in [5.74, 6) is 1.64. The highest BCUT2D eigenvalue weighted by atomic mass is 16.3. The normalized spacial score (nSPS) is 25.8. The molecule has 0 radical (unpaired) electrons. The summed E-state index contributed by atoms with van der Waals surface area (Å²) >= 11 is 0. The van der Waals surface area contributed by atoms with E-state index in [-0.39, 0.29) is 11.6 Å². The van der Waals surface area contributed by atoms with Crippen molar-refractivity contribution in [2.45, 2.75) is 69.7 Å². The Kier molecular flexibility index (Phi) is 6.07. The number of nitrogens with one attached hydrogen (secondary N) is 1. The molecular weight excluding hydrogens is 358 g/mol. The molecule has 152 valence electrons. The van der Waals surface area contributed by atoms with Crippen LogP contribution in [-0.4, -0.2) is 45.1 Å². The van der Waals surface area contributed by atoms with Crippen LogP contribution < -0.4 is 15.8 Å². The van der Waals surface area contributed by atoms with Gasteiger partial charge in [-0.05, 0) is 38.2 Å². The highest BCUT2D eigenvalue weighted by Gasteiger charge is 2.28. The first-order valence-electron chi connectivity index (χ1n) is 10.3. The summed E-state index contributed by atoms with van der Waals surface area (Å²) < 4.78 is 6.80. The van der Waals surface area contributed by atoms with Crippen molar-refractivity contribution in [2.75, 3.05) is 18.0 Å². The van der Waals surface area contributed by atoms with E-state index in [1.54, 1.807) is 12.3 Å². The number of nitrogens with zero attached hydrogens (tertiary/aromatic N) is 4. The molecular formula is C20H29N5O3. The predicted molar refractivity (Wildman–Crippen MR) is 105 cm³/mol. The van der Waals surface area contributed by atoms with Crippen LogP contribution in [0.2, 0.25) is 0 Å². The van der Waals surface area contributed by atoms with E-state index < -0.39 is 6.10 Å². The van der Waals surface area contributed by atoms with Crippen molar-refractivity contribution in [3.8, 4) is 0 Å². The highest BCUT2D eigenvalue weighted by molar-refractivity contribution is 5.39. The molecule has 3 heterocycles. The third-order valence-electron chi connectivity index (χ3n) is 5.90. The van der Waals surface area contributed by atoms with E-state index in [4.69, 9.17) is 9.52 Å². The summed E-state index contributed by atoms with van der Waals surface area (Å²) in [6.45, 7) is 2.38. The Morgan fingerprint density at radius 3 is 2.86 bits per heavy atom. The van der Waals surface area contributed by atoms with Gasteiger partial charge >= 0.3 is 0 Å². The van der Waals surface area contributed by atoms with E-state index >= 15 is 0 Å². The SMILES string of the molecule is O=c1ccc(N2CCCCC2CNCc2cnco2)nn1C1CCCCC1O. The largest absolute Gasteiger partial charge is 0.447 e. The number of anilines is 1. The maximum absolute atomic E-state index is 12.4. The van der Waals surface area contributed by atoms with Gasteiger partial charge in [0.05, 0.1) is 24.9 Å². The van der Waals surface area contributed by atoms with Gasteiger partial charge in [0.2, 0.25) is 0 Å². The second kappa shape index (κ2) is 8.87. The fourth-order valence-corrected chi connectivity index (χ4v) is 4.39. The Balaban J connectivity index is 1.49. The molecule has 1 saturated carbocycles. The van der Waals surface area contributed by atoms with Crippen LogP contribution in [-0.2, 0) is 6.54 Å². The van der Waals surface area contributed by atoms with E-state index in [0.29, 0.717) is 12.6 Å². The molecule has 8 nitrogen and oxygen atoms in total. The zero-order valence-corrected chi connectivity index (χ0v) is 16.2. The molecule has 8 heteroatoms. The van der Waals surface area contributed by atoms with Crippen LogP contribution in [0.3, 0.4) is 0 Å². The monoisotopic (exact) mass is 387 g/mol. The summed E-state index contributed by atoms with van der Waals surface area (Å²) in [5.41, 5.74) is -0.133. The lowest BCUT2D eigenvalue weighted by atomic mass is 9.93. The molecule has 0 bridgehead atoms. The minimum Gasteiger partial charge on any atom is -0.447 e. The molecule has 28 heavy (non-hydrogen) atoms. The molecule has 0 spiro atoms. The Hall–Kier alpha value is -2.19. The lowest BCUT2D eigenvalue weighted by Gasteiger charge is -2.37. The molecule has 2 fully saturated rings. The number of hydrogen-bond donors (Lipinski definition) is 2. The number of oxazole rings is 1. The van der Waals surface area contributed by atoms with Crippen molar-refractivity contribution in [3.05, 3.63) is 40.8 Å². The van der Waals surface area contributed by atoms with Gasteiger partial charge in [0.1, 0.15) is 11.6 Å². The number of aromatic nitrogens is 3. The van der Waals surface area contributed by atoms with Crippen LogP contribution >= 0.6 is 0 Å². The van der Waals surface area contributed by atoms with E-state index in [1.807, 2.05) is 6.07 Å². The molecule has 0 aromatic carbocycles. The van der Waals surface area contributed by atoms with Crippen LogP contribution in [0.25, 0.3) is 0 Å². The maximum Gasteiger partial charge on any atom is 0.267 e. The van der Waals surface area contributed by atoms with Gasteiger partial charge in [-0.1, -0.05) is 12.8 Å². The summed E-state index contributed by atoms with van der Waals surface area (Å²) in [6, 6.07) is 3.51. The lowest BCUT2D eigenvalue weighted by molar-refractivity contribution is 0.0669. The Labute approximate surface area is 164 Å². The summed E-state index contributed by atoms with van der Waals surface area (Å²) in [7, 11) is 0. The number of piperidine rings is 1. The topological polar surface area (TPSA) is 96.4 Å². The van der Waals surface area contributed by atoms with Gasteiger partial charge in [0.15, 0.2) is 6.39 Å². The first-order chi connectivity index (χ1) is 13.7. The fourth-order valence-electron chi connectivity index (χ4n) is 4.39. The average molecular weight is 387 g/mol. The molecule has 2 aliphatic rings. The third-order valence-corrected chi connectivity index (χ3v) is 5.90. The van der Waals surface area contributed by atoms with Crippen molar-refractivity contribution in [1.82, 2.24) is 20.1 Å². The van der Waals surface area contributed by atoms with Gasteiger partial charge in [0, 0.05) is 25.2 Å². The Morgan fingerprint density at radius 2 is 2.04 bits per heavy atom. The maximum atomic E-state index is 12.4. The van der Waals surface area contributed by atoms with Gasteiger partial charge in [-0.3, -0.25) is 4.79 Å². The average Bonchev–Trinajstić information content (AvgIpc) is 3.23. The third kappa shape index (κ3) is 4.28. The first kappa shape index (κ1) is 19.1. The molecule has 1 saturated heterocycles. The summed E-state index contributed by atoms with van der Waals surface area (Å²) in [4.78, 5) is 18.7. The lowest BCUT2D eigenvalue weighted by Crippen LogP contribution is -2.47. The molecule has 1 aliphatic heterocycles. The van der Waals surface area contributed by atoms with Crippen molar-refractivity contribution in [2.24, 2.45) is 0 Å². The van der Waals surface area contributed by atoms with Crippen LogP contribution in [0.1, 0.15) is 56.7 Å². The van der Waals surface area contributed by atoms with Gasteiger partial charge in [-0.15, -0.1) is 0 Å². The minimum absolute atomic E-state index is 0.133. The Bertz CT molecular complexity index is 806. The Morgan fingerprint density at radius 1 is 1.18 bits per heavy atom. The van der Waals surface area contributed by atoms with E-state index in [9.17, 15) is 9.90 Å². The van der Waals surface area contributed by atoms with Crippen molar-refractivity contribution < 1.29 is 9.52 Å². The molecule has 2 N–H and O–H groups in total. The first-order valence-corrected chi connectivity index (χ1v) is 10.3. The van der Waals surface area contributed by atoms with Crippen LogP contribution in [0.5, 0.6) is 0 Å². The molecule has 3 atom stereocenters. The number of rotatable bonds is 6. The van der Waals surface area contributed by atoms with Gasteiger partial charge in [-0.25, -0.2) is 9.67 Å². The number of aliphatic hydroxyl groups excluding tert-OH is 1. The van der Waals surface area contributed by atoms with E-state index in [1.165, 1.54) is 17.5 Å². The zero-order chi connectivity index (χ0) is 19.3. The van der Waals surface area contributed by atoms with Crippen LogP contribution in [0, 0.1) is 0 Å². The van der Waals surface area contributed by atoms with Gasteiger partial charge in [0.25, 0.3) is 5.56 Å². The molecule has 0 amide bonds. The summed E-state index contributed by atoms with van der Waals surface area (Å²) in [5, 5.41) is 18.5. The second-order valence-corrected chi connectivity index (χ2v) is 7.84. The van der Waals surface area contributed by atoms with Crippen molar-refractivity contribution in [1.29, 1.82) is 0 Å². The van der Waals surface area contributed by atoms with E-state index in [2.05, 4.69) is 15.2 Å². The highest BCUT2D eigenvalue weighted by Crippen LogP contribution is 2.28. The number of hydrogen-bond acceptors (Lipinski definition) is 7. The second-order valence-electron chi connectivity index (χ2n) is 7.84. The minimum atomic E-state index is -0.491. The molecule has 4 rings (SSSR count). The zero-order valence-electron chi connectivity index (χ0n) is 16.2. The summed E-state index contributed by atoms with van der Waals surface area (Å²) in [6.07, 6.45) is 9.63. The van der Waals surface area contributed by atoms with E-state index in [0.717, 1.165) is 63.2 Å².